The predicted molar refractivity (Wildman–Crippen MR) is 85.2 cm³/mol. The van der Waals surface area contributed by atoms with Crippen molar-refractivity contribution in [1.29, 1.82) is 0 Å². The summed E-state index contributed by atoms with van der Waals surface area (Å²) in [5.41, 5.74) is 6.85. The summed E-state index contributed by atoms with van der Waals surface area (Å²) in [5.74, 6) is 0.0397. The topological polar surface area (TPSA) is 59.0 Å². The highest BCUT2D eigenvalue weighted by molar-refractivity contribution is 5.79. The number of nitrogens with zero attached hydrogens (tertiary/aromatic N) is 2. The Morgan fingerprint density at radius 2 is 2.09 bits per heavy atom. The van der Waals surface area contributed by atoms with E-state index in [-0.39, 0.29) is 5.91 Å². The number of nitrogens with one attached hydrogen (secondary N) is 2. The van der Waals surface area contributed by atoms with Crippen LogP contribution in [0.25, 0.3) is 0 Å². The van der Waals surface area contributed by atoms with Crippen LogP contribution in [0.3, 0.4) is 0 Å². The van der Waals surface area contributed by atoms with Crippen molar-refractivity contribution < 1.29 is 4.79 Å². The molecule has 1 aliphatic rings. The standard InChI is InChI=1S/C17H22N4O/c1-11-16(12(2)21(3)20-11)7-17(22)19-8-13-4-5-14-9-18-10-15(14)6-13/h4-6,18H,7-10H2,1-3H3,(H,19,22). The van der Waals surface area contributed by atoms with Gasteiger partial charge in [0.2, 0.25) is 5.91 Å². The maximum atomic E-state index is 12.2. The van der Waals surface area contributed by atoms with Crippen molar-refractivity contribution in [1.82, 2.24) is 20.4 Å². The highest BCUT2D eigenvalue weighted by Crippen LogP contribution is 2.17. The molecule has 0 saturated carbocycles. The lowest BCUT2D eigenvalue weighted by Crippen LogP contribution is -2.25. The summed E-state index contributed by atoms with van der Waals surface area (Å²) in [7, 11) is 1.91. The molecule has 0 unspecified atom stereocenters. The second-order valence-corrected chi connectivity index (χ2v) is 5.93. The molecule has 0 saturated heterocycles. The Kier molecular flexibility index (Phi) is 3.98. The number of fused-ring (bicyclic) bond motifs is 1. The summed E-state index contributed by atoms with van der Waals surface area (Å²) in [4.78, 5) is 12.2. The van der Waals surface area contributed by atoms with Crippen molar-refractivity contribution in [2.24, 2.45) is 7.05 Å². The van der Waals surface area contributed by atoms with E-state index in [2.05, 4.69) is 33.9 Å². The van der Waals surface area contributed by atoms with Crippen molar-refractivity contribution >= 4 is 5.91 Å². The van der Waals surface area contributed by atoms with E-state index in [0.29, 0.717) is 13.0 Å². The predicted octanol–water partition coefficient (Wildman–Crippen LogP) is 1.50. The first kappa shape index (κ1) is 14.8. The zero-order chi connectivity index (χ0) is 15.7. The van der Waals surface area contributed by atoms with Crippen LogP contribution in [0.5, 0.6) is 0 Å². The molecule has 0 atom stereocenters. The van der Waals surface area contributed by atoms with Crippen LogP contribution in [0.15, 0.2) is 18.2 Å². The molecule has 0 bridgehead atoms. The number of aryl methyl sites for hydroxylation is 2. The molecule has 1 aliphatic heterocycles. The van der Waals surface area contributed by atoms with Crippen LogP contribution in [0.2, 0.25) is 0 Å². The maximum Gasteiger partial charge on any atom is 0.224 e. The molecule has 0 aliphatic carbocycles. The van der Waals surface area contributed by atoms with Gasteiger partial charge >= 0.3 is 0 Å². The Morgan fingerprint density at radius 1 is 1.32 bits per heavy atom. The van der Waals surface area contributed by atoms with Gasteiger partial charge in [-0.3, -0.25) is 9.48 Å². The van der Waals surface area contributed by atoms with Crippen LogP contribution in [-0.4, -0.2) is 15.7 Å². The van der Waals surface area contributed by atoms with E-state index in [1.165, 1.54) is 11.1 Å². The number of hydrogen-bond acceptors (Lipinski definition) is 3. The van der Waals surface area contributed by atoms with E-state index in [1.807, 2.05) is 25.6 Å². The van der Waals surface area contributed by atoms with E-state index < -0.39 is 0 Å². The van der Waals surface area contributed by atoms with Crippen LogP contribution in [0.4, 0.5) is 0 Å². The molecule has 22 heavy (non-hydrogen) atoms. The number of carbonyl (C=O) groups excluding carboxylic acids is 1. The van der Waals surface area contributed by atoms with Gasteiger partial charge < -0.3 is 10.6 Å². The number of rotatable bonds is 4. The minimum absolute atomic E-state index is 0.0397. The first-order chi connectivity index (χ1) is 10.5. The molecular formula is C17H22N4O. The van der Waals surface area contributed by atoms with Crippen LogP contribution < -0.4 is 10.6 Å². The van der Waals surface area contributed by atoms with E-state index in [0.717, 1.165) is 35.6 Å². The third kappa shape index (κ3) is 2.90. The van der Waals surface area contributed by atoms with Crippen molar-refractivity contribution in [3.05, 3.63) is 51.8 Å². The summed E-state index contributed by atoms with van der Waals surface area (Å²) in [6.45, 7) is 6.39. The van der Waals surface area contributed by atoms with Gasteiger partial charge in [-0.1, -0.05) is 18.2 Å². The molecule has 1 aromatic carbocycles. The first-order valence-corrected chi connectivity index (χ1v) is 7.62. The molecule has 0 fully saturated rings. The van der Waals surface area contributed by atoms with Gasteiger partial charge in [0.25, 0.3) is 0 Å². The summed E-state index contributed by atoms with van der Waals surface area (Å²) in [6.07, 6.45) is 0.387. The van der Waals surface area contributed by atoms with Gasteiger partial charge in [0, 0.05) is 37.9 Å². The molecule has 5 nitrogen and oxygen atoms in total. The monoisotopic (exact) mass is 298 g/mol. The normalized spacial score (nSPS) is 13.2. The smallest absolute Gasteiger partial charge is 0.224 e. The molecule has 0 radical (unpaired) electrons. The van der Waals surface area contributed by atoms with E-state index >= 15 is 0 Å². The molecule has 2 N–H and O–H groups in total. The molecule has 1 amide bonds. The Hall–Kier alpha value is -2.14. The molecule has 2 heterocycles. The minimum atomic E-state index is 0.0397. The van der Waals surface area contributed by atoms with Gasteiger partial charge in [0.05, 0.1) is 12.1 Å². The number of aromatic nitrogens is 2. The lowest BCUT2D eigenvalue weighted by atomic mass is 10.1. The van der Waals surface area contributed by atoms with Crippen molar-refractivity contribution in [3.8, 4) is 0 Å². The molecule has 5 heteroatoms. The lowest BCUT2D eigenvalue weighted by Gasteiger charge is -2.07. The van der Waals surface area contributed by atoms with E-state index in [4.69, 9.17) is 0 Å². The second-order valence-electron chi connectivity index (χ2n) is 5.93. The fourth-order valence-corrected chi connectivity index (χ4v) is 2.96. The van der Waals surface area contributed by atoms with Crippen molar-refractivity contribution in [2.75, 3.05) is 0 Å². The van der Waals surface area contributed by atoms with E-state index in [9.17, 15) is 4.79 Å². The van der Waals surface area contributed by atoms with Gasteiger partial charge in [-0.15, -0.1) is 0 Å². The third-order valence-corrected chi connectivity index (χ3v) is 4.39. The zero-order valence-electron chi connectivity index (χ0n) is 13.4. The zero-order valence-corrected chi connectivity index (χ0v) is 13.4. The average Bonchev–Trinajstić information content (AvgIpc) is 3.05. The first-order valence-electron chi connectivity index (χ1n) is 7.62. The Bertz CT molecular complexity index is 718. The molecule has 0 spiro atoms. The molecule has 116 valence electrons. The highest BCUT2D eigenvalue weighted by Gasteiger charge is 2.14. The molecule has 3 rings (SSSR count). The van der Waals surface area contributed by atoms with Crippen LogP contribution in [0.1, 0.15) is 33.6 Å². The molecule has 1 aromatic heterocycles. The Balaban J connectivity index is 1.60. The molecular weight excluding hydrogens is 276 g/mol. The summed E-state index contributed by atoms with van der Waals surface area (Å²) in [5, 5.41) is 10.7. The Labute approximate surface area is 130 Å². The van der Waals surface area contributed by atoms with Gasteiger partial charge in [-0.25, -0.2) is 0 Å². The van der Waals surface area contributed by atoms with Crippen molar-refractivity contribution in [3.63, 3.8) is 0 Å². The lowest BCUT2D eigenvalue weighted by molar-refractivity contribution is -0.120. The number of carbonyl (C=O) groups is 1. The van der Waals surface area contributed by atoms with E-state index in [1.54, 1.807) is 0 Å². The summed E-state index contributed by atoms with van der Waals surface area (Å²) in [6, 6.07) is 6.41. The van der Waals surface area contributed by atoms with Gasteiger partial charge in [-0.05, 0) is 30.5 Å². The molecule has 2 aromatic rings. The van der Waals surface area contributed by atoms with Crippen molar-refractivity contribution in [2.45, 2.75) is 39.9 Å². The summed E-state index contributed by atoms with van der Waals surface area (Å²) >= 11 is 0. The average molecular weight is 298 g/mol. The van der Waals surface area contributed by atoms with Gasteiger partial charge in [-0.2, -0.15) is 5.10 Å². The van der Waals surface area contributed by atoms with Crippen LogP contribution in [-0.2, 0) is 37.9 Å². The number of hydrogen-bond donors (Lipinski definition) is 2. The second kappa shape index (κ2) is 5.93. The largest absolute Gasteiger partial charge is 0.352 e. The SMILES string of the molecule is Cc1nn(C)c(C)c1CC(=O)NCc1ccc2c(c1)CNC2. The summed E-state index contributed by atoms with van der Waals surface area (Å²) < 4.78 is 1.82. The fourth-order valence-electron chi connectivity index (χ4n) is 2.96. The highest BCUT2D eigenvalue weighted by atomic mass is 16.1. The Morgan fingerprint density at radius 3 is 2.82 bits per heavy atom. The quantitative estimate of drug-likeness (QED) is 0.899. The van der Waals surface area contributed by atoms with Gasteiger partial charge in [0.15, 0.2) is 0 Å². The number of benzene rings is 1. The fraction of sp³-hybridized carbons (Fsp3) is 0.412. The number of amides is 1. The van der Waals surface area contributed by atoms with Crippen LogP contribution >= 0.6 is 0 Å². The van der Waals surface area contributed by atoms with Gasteiger partial charge in [0.1, 0.15) is 0 Å². The van der Waals surface area contributed by atoms with Crippen LogP contribution in [0, 0.1) is 13.8 Å². The maximum absolute atomic E-state index is 12.2. The minimum Gasteiger partial charge on any atom is -0.352 e. The third-order valence-electron chi connectivity index (χ3n) is 4.39.